The van der Waals surface area contributed by atoms with E-state index in [1.165, 1.54) is 0 Å². The number of ketones is 1. The number of Topliss-reactive ketones (excluding diaryl/α,β-unsaturated/α-hetero) is 1. The van der Waals surface area contributed by atoms with Crippen molar-refractivity contribution in [1.82, 2.24) is 9.38 Å². The maximum atomic E-state index is 12.1. The molecule has 0 atom stereocenters. The van der Waals surface area contributed by atoms with E-state index in [4.69, 9.17) is 0 Å². The van der Waals surface area contributed by atoms with E-state index in [0.29, 0.717) is 6.42 Å². The number of hydrogen-bond donors (Lipinski definition) is 0. The van der Waals surface area contributed by atoms with Gasteiger partial charge in [0.1, 0.15) is 0 Å². The average Bonchev–Trinajstić information content (AvgIpc) is 2.89. The number of rotatable bonds is 3. The Hall–Kier alpha value is -1.94. The number of imidazole rings is 1. The van der Waals surface area contributed by atoms with E-state index in [1.54, 1.807) is 11.3 Å². The number of aryl methyl sites for hydroxylation is 1. The van der Waals surface area contributed by atoms with Crippen LogP contribution in [0.4, 0.5) is 0 Å². The highest BCUT2D eigenvalue weighted by molar-refractivity contribution is 7.15. The first-order valence-electron chi connectivity index (χ1n) is 5.73. The maximum absolute atomic E-state index is 12.1. The monoisotopic (exact) mass is 256 g/mol. The van der Waals surface area contributed by atoms with Crippen molar-refractivity contribution in [2.45, 2.75) is 13.3 Å². The Morgan fingerprint density at radius 1 is 1.44 bits per heavy atom. The summed E-state index contributed by atoms with van der Waals surface area (Å²) >= 11 is 1.57. The van der Waals surface area contributed by atoms with E-state index in [9.17, 15) is 4.79 Å². The molecule has 0 aliphatic heterocycles. The quantitative estimate of drug-likeness (QED) is 0.675. The summed E-state index contributed by atoms with van der Waals surface area (Å²) in [6, 6.07) is 7.67. The Kier molecular flexibility index (Phi) is 2.72. The summed E-state index contributed by atoms with van der Waals surface area (Å²) in [7, 11) is 0. The third-order valence-electron chi connectivity index (χ3n) is 2.82. The molecule has 0 fully saturated rings. The summed E-state index contributed by atoms with van der Waals surface area (Å²) in [5.74, 6) is 0.115. The number of carbonyl (C=O) groups excluding carboxylic acids is 1. The van der Waals surface area contributed by atoms with Crippen molar-refractivity contribution in [3.8, 4) is 0 Å². The lowest BCUT2D eigenvalue weighted by molar-refractivity contribution is 0.0992. The van der Waals surface area contributed by atoms with Gasteiger partial charge in [0.15, 0.2) is 10.7 Å². The van der Waals surface area contributed by atoms with Gasteiger partial charge in [-0.1, -0.05) is 23.8 Å². The van der Waals surface area contributed by atoms with Crippen molar-refractivity contribution >= 4 is 22.1 Å². The molecule has 2 aromatic heterocycles. The highest BCUT2D eigenvalue weighted by atomic mass is 32.1. The lowest BCUT2D eigenvalue weighted by Crippen LogP contribution is -2.03. The van der Waals surface area contributed by atoms with Crippen LogP contribution in [0.5, 0.6) is 0 Å². The SMILES string of the molecule is Cc1cccc(C(=O)Cc2cn3ccsc3n2)c1. The van der Waals surface area contributed by atoms with Crippen LogP contribution >= 0.6 is 11.3 Å². The second-order valence-electron chi connectivity index (χ2n) is 4.29. The molecule has 0 unspecified atom stereocenters. The van der Waals surface area contributed by atoms with Crippen molar-refractivity contribution in [3.05, 3.63) is 58.9 Å². The minimum absolute atomic E-state index is 0.115. The summed E-state index contributed by atoms with van der Waals surface area (Å²) in [4.78, 5) is 17.5. The van der Waals surface area contributed by atoms with E-state index in [2.05, 4.69) is 4.98 Å². The predicted octanol–water partition coefficient (Wildman–Crippen LogP) is 3.13. The molecule has 0 aliphatic rings. The van der Waals surface area contributed by atoms with Gasteiger partial charge in [0, 0.05) is 23.3 Å². The fourth-order valence-electron chi connectivity index (χ4n) is 1.95. The summed E-state index contributed by atoms with van der Waals surface area (Å²) < 4.78 is 1.95. The van der Waals surface area contributed by atoms with Crippen LogP contribution in [0.2, 0.25) is 0 Å². The second kappa shape index (κ2) is 4.38. The van der Waals surface area contributed by atoms with Gasteiger partial charge in [0.05, 0.1) is 12.1 Å². The summed E-state index contributed by atoms with van der Waals surface area (Å²) in [6.45, 7) is 1.99. The van der Waals surface area contributed by atoms with E-state index < -0.39 is 0 Å². The molecule has 0 saturated carbocycles. The van der Waals surface area contributed by atoms with Crippen LogP contribution in [0.3, 0.4) is 0 Å². The second-order valence-corrected chi connectivity index (χ2v) is 5.17. The number of thiazole rings is 1. The molecule has 3 nitrogen and oxygen atoms in total. The van der Waals surface area contributed by atoms with Gasteiger partial charge in [-0.15, -0.1) is 11.3 Å². The summed E-state index contributed by atoms with van der Waals surface area (Å²) in [5, 5.41) is 1.98. The molecule has 0 bridgehead atoms. The molecule has 0 amide bonds. The van der Waals surface area contributed by atoms with Crippen LogP contribution in [0.25, 0.3) is 4.96 Å². The van der Waals surface area contributed by atoms with Gasteiger partial charge in [-0.3, -0.25) is 9.20 Å². The number of fused-ring (bicyclic) bond motifs is 1. The smallest absolute Gasteiger partial charge is 0.193 e. The van der Waals surface area contributed by atoms with Gasteiger partial charge in [-0.25, -0.2) is 4.98 Å². The first kappa shape index (κ1) is 11.2. The Bertz CT molecular complexity index is 683. The van der Waals surface area contributed by atoms with Gasteiger partial charge in [-0.05, 0) is 13.0 Å². The molecule has 0 radical (unpaired) electrons. The fourth-order valence-corrected chi connectivity index (χ4v) is 2.67. The zero-order valence-corrected chi connectivity index (χ0v) is 10.8. The zero-order valence-electron chi connectivity index (χ0n) is 9.96. The Morgan fingerprint density at radius 2 is 2.33 bits per heavy atom. The number of nitrogens with zero attached hydrogens (tertiary/aromatic N) is 2. The number of carbonyl (C=O) groups is 1. The molecule has 0 aliphatic carbocycles. The highest BCUT2D eigenvalue weighted by Gasteiger charge is 2.10. The third-order valence-corrected chi connectivity index (χ3v) is 3.60. The van der Waals surface area contributed by atoms with Crippen LogP contribution in [0.15, 0.2) is 42.0 Å². The fraction of sp³-hybridized carbons (Fsp3) is 0.143. The van der Waals surface area contributed by atoms with Gasteiger partial charge < -0.3 is 0 Å². The Balaban J connectivity index is 1.84. The molecule has 3 rings (SSSR count). The lowest BCUT2D eigenvalue weighted by atomic mass is 10.0. The van der Waals surface area contributed by atoms with Crippen molar-refractivity contribution in [3.63, 3.8) is 0 Å². The molecule has 3 aromatic rings. The minimum atomic E-state index is 0.115. The maximum Gasteiger partial charge on any atom is 0.193 e. The van der Waals surface area contributed by atoms with E-state index >= 15 is 0 Å². The Labute approximate surface area is 109 Å². The van der Waals surface area contributed by atoms with Crippen LogP contribution < -0.4 is 0 Å². The highest BCUT2D eigenvalue weighted by Crippen LogP contribution is 2.14. The number of benzene rings is 1. The van der Waals surface area contributed by atoms with E-state index in [1.807, 2.05) is 53.4 Å². The number of aromatic nitrogens is 2. The molecule has 1 aromatic carbocycles. The normalized spacial score (nSPS) is 10.9. The average molecular weight is 256 g/mol. The van der Waals surface area contributed by atoms with Crippen LogP contribution in [-0.4, -0.2) is 15.2 Å². The molecular formula is C14H12N2OS. The van der Waals surface area contributed by atoms with Crippen molar-refractivity contribution in [2.24, 2.45) is 0 Å². The Morgan fingerprint density at radius 3 is 3.11 bits per heavy atom. The number of hydrogen-bond acceptors (Lipinski definition) is 3. The van der Waals surface area contributed by atoms with Crippen LogP contribution in [-0.2, 0) is 6.42 Å². The standard InChI is InChI=1S/C14H12N2OS/c1-10-3-2-4-11(7-10)13(17)8-12-9-16-5-6-18-14(16)15-12/h2-7,9H,8H2,1H3. The summed E-state index contributed by atoms with van der Waals surface area (Å²) in [5.41, 5.74) is 2.69. The first-order chi connectivity index (χ1) is 8.72. The molecule has 0 saturated heterocycles. The molecule has 0 N–H and O–H groups in total. The van der Waals surface area contributed by atoms with E-state index in [0.717, 1.165) is 21.8 Å². The van der Waals surface area contributed by atoms with Crippen LogP contribution in [0, 0.1) is 6.92 Å². The first-order valence-corrected chi connectivity index (χ1v) is 6.61. The molecule has 0 spiro atoms. The van der Waals surface area contributed by atoms with Gasteiger partial charge in [-0.2, -0.15) is 0 Å². The van der Waals surface area contributed by atoms with E-state index in [-0.39, 0.29) is 5.78 Å². The largest absolute Gasteiger partial charge is 0.297 e. The predicted molar refractivity (Wildman–Crippen MR) is 72.3 cm³/mol. The summed E-state index contributed by atoms with van der Waals surface area (Å²) in [6.07, 6.45) is 4.23. The van der Waals surface area contributed by atoms with Crippen molar-refractivity contribution < 1.29 is 4.79 Å². The molecule has 90 valence electrons. The molecule has 18 heavy (non-hydrogen) atoms. The zero-order chi connectivity index (χ0) is 12.5. The van der Waals surface area contributed by atoms with Gasteiger partial charge >= 0.3 is 0 Å². The minimum Gasteiger partial charge on any atom is -0.297 e. The lowest BCUT2D eigenvalue weighted by Gasteiger charge is -1.99. The van der Waals surface area contributed by atoms with Crippen LogP contribution in [0.1, 0.15) is 21.6 Å². The van der Waals surface area contributed by atoms with Crippen molar-refractivity contribution in [2.75, 3.05) is 0 Å². The van der Waals surface area contributed by atoms with Gasteiger partial charge in [0.2, 0.25) is 0 Å². The third kappa shape index (κ3) is 2.07. The molecule has 2 heterocycles. The van der Waals surface area contributed by atoms with Gasteiger partial charge in [0.25, 0.3) is 0 Å². The molecular weight excluding hydrogens is 244 g/mol. The van der Waals surface area contributed by atoms with Crippen molar-refractivity contribution in [1.29, 1.82) is 0 Å². The molecule has 4 heteroatoms. The topological polar surface area (TPSA) is 34.4 Å².